The Morgan fingerprint density at radius 2 is 1.94 bits per heavy atom. The highest BCUT2D eigenvalue weighted by atomic mass is 16.3. The summed E-state index contributed by atoms with van der Waals surface area (Å²) in [5.41, 5.74) is 0. The summed E-state index contributed by atoms with van der Waals surface area (Å²) >= 11 is 0. The Kier molecular flexibility index (Phi) is 4.49. The molecule has 5 heteroatoms. The first-order valence-electron chi connectivity index (χ1n) is 5.47. The lowest BCUT2D eigenvalue weighted by atomic mass is 10.1. The van der Waals surface area contributed by atoms with Gasteiger partial charge in [-0.1, -0.05) is 6.92 Å². The van der Waals surface area contributed by atoms with E-state index >= 15 is 0 Å². The molecule has 0 radical (unpaired) electrons. The van der Waals surface area contributed by atoms with E-state index in [4.69, 9.17) is 5.11 Å². The van der Waals surface area contributed by atoms with Gasteiger partial charge in [0, 0.05) is 25.8 Å². The van der Waals surface area contributed by atoms with Gasteiger partial charge in [-0.2, -0.15) is 0 Å². The second-order valence-corrected chi connectivity index (χ2v) is 4.03. The van der Waals surface area contributed by atoms with Crippen LogP contribution in [0.1, 0.15) is 19.7 Å². The van der Waals surface area contributed by atoms with E-state index in [1.165, 1.54) is 0 Å². The topological polar surface area (TPSA) is 70.1 Å². The van der Waals surface area contributed by atoms with Gasteiger partial charge in [-0.3, -0.25) is 0 Å². The van der Waals surface area contributed by atoms with Gasteiger partial charge < -0.3 is 15.7 Å². The van der Waals surface area contributed by atoms with E-state index in [0.717, 1.165) is 17.5 Å². The molecule has 0 fully saturated rings. The summed E-state index contributed by atoms with van der Waals surface area (Å²) in [6.45, 7) is 6.03. The van der Waals surface area contributed by atoms with Crippen LogP contribution in [0.3, 0.4) is 0 Å². The monoisotopic (exact) mass is 224 g/mol. The second-order valence-electron chi connectivity index (χ2n) is 4.03. The highest BCUT2D eigenvalue weighted by molar-refractivity contribution is 5.47. The summed E-state index contributed by atoms with van der Waals surface area (Å²) in [5.74, 6) is 2.48. The fourth-order valence-corrected chi connectivity index (χ4v) is 1.30. The summed E-state index contributed by atoms with van der Waals surface area (Å²) < 4.78 is 0. The molecule has 5 nitrogen and oxygen atoms in total. The van der Waals surface area contributed by atoms with E-state index < -0.39 is 0 Å². The molecule has 0 aliphatic heterocycles. The SMILES string of the molecule is CNc1cc(NC(C)C(C)CO)nc(C)n1. The molecule has 90 valence electrons. The van der Waals surface area contributed by atoms with Gasteiger partial charge in [-0.15, -0.1) is 0 Å². The maximum absolute atomic E-state index is 9.05. The van der Waals surface area contributed by atoms with Crippen molar-refractivity contribution in [1.29, 1.82) is 0 Å². The first kappa shape index (κ1) is 12.7. The smallest absolute Gasteiger partial charge is 0.132 e. The Bertz CT molecular complexity index is 343. The summed E-state index contributed by atoms with van der Waals surface area (Å²) in [4.78, 5) is 8.51. The van der Waals surface area contributed by atoms with Crippen LogP contribution in [0.5, 0.6) is 0 Å². The molecule has 16 heavy (non-hydrogen) atoms. The van der Waals surface area contributed by atoms with Crippen LogP contribution in [0, 0.1) is 12.8 Å². The number of aryl methyl sites for hydroxylation is 1. The highest BCUT2D eigenvalue weighted by Crippen LogP contribution is 2.14. The average molecular weight is 224 g/mol. The number of anilines is 2. The number of nitrogens with zero attached hydrogens (tertiary/aromatic N) is 2. The molecule has 0 saturated carbocycles. The maximum atomic E-state index is 9.05. The lowest BCUT2D eigenvalue weighted by Gasteiger charge is -2.20. The largest absolute Gasteiger partial charge is 0.396 e. The van der Waals surface area contributed by atoms with Crippen LogP contribution >= 0.6 is 0 Å². The van der Waals surface area contributed by atoms with Crippen LogP contribution in [0.25, 0.3) is 0 Å². The summed E-state index contributed by atoms with van der Waals surface area (Å²) in [6, 6.07) is 2.03. The Morgan fingerprint density at radius 3 is 2.50 bits per heavy atom. The third-order valence-electron chi connectivity index (χ3n) is 2.61. The number of hydrogen-bond donors (Lipinski definition) is 3. The normalized spacial score (nSPS) is 14.3. The molecule has 2 unspecified atom stereocenters. The molecule has 2 atom stereocenters. The Labute approximate surface area is 96.3 Å². The van der Waals surface area contributed by atoms with Gasteiger partial charge in [-0.05, 0) is 19.8 Å². The van der Waals surface area contributed by atoms with Crippen LogP contribution < -0.4 is 10.6 Å². The number of hydrogen-bond acceptors (Lipinski definition) is 5. The summed E-state index contributed by atoms with van der Waals surface area (Å²) in [7, 11) is 1.82. The molecule has 0 aliphatic rings. The Morgan fingerprint density at radius 1 is 1.31 bits per heavy atom. The van der Waals surface area contributed by atoms with Crippen molar-refractivity contribution in [2.75, 3.05) is 24.3 Å². The number of nitrogens with one attached hydrogen (secondary N) is 2. The van der Waals surface area contributed by atoms with E-state index in [-0.39, 0.29) is 18.6 Å². The number of aliphatic hydroxyl groups is 1. The van der Waals surface area contributed by atoms with Crippen LogP contribution in [0.15, 0.2) is 6.07 Å². The standard InChI is InChI=1S/C11H20N4O/c1-7(6-16)8(2)13-11-5-10(12-4)14-9(3)15-11/h5,7-8,16H,6H2,1-4H3,(H2,12,13,14,15). The van der Waals surface area contributed by atoms with Crippen molar-refractivity contribution >= 4 is 11.6 Å². The van der Waals surface area contributed by atoms with Gasteiger partial charge in [0.05, 0.1) is 0 Å². The lowest BCUT2D eigenvalue weighted by Crippen LogP contribution is -2.26. The van der Waals surface area contributed by atoms with E-state index in [0.29, 0.717) is 0 Å². The first-order valence-corrected chi connectivity index (χ1v) is 5.47. The van der Waals surface area contributed by atoms with Crippen molar-refractivity contribution in [3.8, 4) is 0 Å². The van der Waals surface area contributed by atoms with Gasteiger partial charge >= 0.3 is 0 Å². The molecule has 0 saturated heterocycles. The number of rotatable bonds is 5. The van der Waals surface area contributed by atoms with E-state index in [1.807, 2.05) is 33.9 Å². The van der Waals surface area contributed by atoms with Gasteiger partial charge in [0.15, 0.2) is 0 Å². The van der Waals surface area contributed by atoms with Crippen LogP contribution in [0.4, 0.5) is 11.6 Å². The van der Waals surface area contributed by atoms with E-state index in [9.17, 15) is 0 Å². The predicted molar refractivity (Wildman–Crippen MR) is 65.7 cm³/mol. The molecule has 3 N–H and O–H groups in total. The quantitative estimate of drug-likeness (QED) is 0.702. The predicted octanol–water partition coefficient (Wildman–Crippen LogP) is 1.26. The Hall–Kier alpha value is -1.36. The van der Waals surface area contributed by atoms with E-state index in [2.05, 4.69) is 20.6 Å². The molecule has 0 amide bonds. The van der Waals surface area contributed by atoms with Crippen LogP contribution in [-0.4, -0.2) is 34.8 Å². The van der Waals surface area contributed by atoms with Crippen molar-refractivity contribution in [1.82, 2.24) is 9.97 Å². The van der Waals surface area contributed by atoms with Crippen molar-refractivity contribution < 1.29 is 5.11 Å². The maximum Gasteiger partial charge on any atom is 0.132 e. The zero-order valence-electron chi connectivity index (χ0n) is 10.3. The Balaban J connectivity index is 2.76. The van der Waals surface area contributed by atoms with Crippen molar-refractivity contribution in [2.45, 2.75) is 26.8 Å². The molecular formula is C11H20N4O. The van der Waals surface area contributed by atoms with Crippen molar-refractivity contribution in [2.24, 2.45) is 5.92 Å². The molecule has 1 aromatic heterocycles. The van der Waals surface area contributed by atoms with Crippen molar-refractivity contribution in [3.63, 3.8) is 0 Å². The van der Waals surface area contributed by atoms with Crippen molar-refractivity contribution in [3.05, 3.63) is 11.9 Å². The highest BCUT2D eigenvalue weighted by Gasteiger charge is 2.11. The summed E-state index contributed by atoms with van der Waals surface area (Å²) in [5, 5.41) is 15.3. The first-order chi connectivity index (χ1) is 7.56. The summed E-state index contributed by atoms with van der Waals surface area (Å²) in [6.07, 6.45) is 0. The van der Waals surface area contributed by atoms with Crippen LogP contribution in [-0.2, 0) is 0 Å². The molecule has 1 heterocycles. The minimum atomic E-state index is 0.164. The molecule has 1 rings (SSSR count). The minimum absolute atomic E-state index is 0.164. The van der Waals surface area contributed by atoms with Gasteiger partial charge in [0.1, 0.15) is 17.5 Å². The van der Waals surface area contributed by atoms with E-state index in [1.54, 1.807) is 0 Å². The fourth-order valence-electron chi connectivity index (χ4n) is 1.30. The lowest BCUT2D eigenvalue weighted by molar-refractivity contribution is 0.226. The molecule has 0 aliphatic carbocycles. The van der Waals surface area contributed by atoms with Gasteiger partial charge in [-0.25, -0.2) is 9.97 Å². The van der Waals surface area contributed by atoms with Gasteiger partial charge in [0.2, 0.25) is 0 Å². The molecular weight excluding hydrogens is 204 g/mol. The molecule has 0 bridgehead atoms. The zero-order valence-corrected chi connectivity index (χ0v) is 10.3. The third-order valence-corrected chi connectivity index (χ3v) is 2.61. The number of aliphatic hydroxyl groups excluding tert-OH is 1. The number of aromatic nitrogens is 2. The average Bonchev–Trinajstić information content (AvgIpc) is 2.26. The molecule has 0 spiro atoms. The van der Waals surface area contributed by atoms with Gasteiger partial charge in [0.25, 0.3) is 0 Å². The molecule has 0 aromatic carbocycles. The fraction of sp³-hybridized carbons (Fsp3) is 0.636. The zero-order chi connectivity index (χ0) is 12.1. The van der Waals surface area contributed by atoms with Crippen LogP contribution in [0.2, 0.25) is 0 Å². The minimum Gasteiger partial charge on any atom is -0.396 e. The second kappa shape index (κ2) is 5.65. The molecule has 1 aromatic rings. The third kappa shape index (κ3) is 3.34.